The summed E-state index contributed by atoms with van der Waals surface area (Å²) in [4.78, 5) is 16.3. The maximum Gasteiger partial charge on any atom is 0.228 e. The van der Waals surface area contributed by atoms with Crippen LogP contribution in [-0.2, 0) is 4.79 Å². The van der Waals surface area contributed by atoms with Crippen LogP contribution in [0.3, 0.4) is 0 Å². The van der Waals surface area contributed by atoms with E-state index < -0.39 is 0 Å². The second kappa shape index (κ2) is 5.30. The molecule has 3 nitrogen and oxygen atoms in total. The van der Waals surface area contributed by atoms with Crippen LogP contribution >= 0.6 is 0 Å². The standard InChI is InChI=1S/C14H22N2O/c1-6-12(14(3,4)5)13(17)16-11-8-7-10(2)15-9-11/h7-9,12H,6H2,1-5H3,(H,16,17). The molecule has 0 aromatic carbocycles. The Morgan fingerprint density at radius 2 is 2.06 bits per heavy atom. The zero-order valence-corrected chi connectivity index (χ0v) is 11.4. The number of anilines is 1. The molecular weight excluding hydrogens is 212 g/mol. The van der Waals surface area contributed by atoms with E-state index in [2.05, 4.69) is 31.1 Å². The zero-order valence-electron chi connectivity index (χ0n) is 11.4. The van der Waals surface area contributed by atoms with Gasteiger partial charge in [-0.3, -0.25) is 9.78 Å². The highest BCUT2D eigenvalue weighted by Crippen LogP contribution is 2.29. The molecule has 0 saturated carbocycles. The fourth-order valence-corrected chi connectivity index (χ4v) is 1.96. The lowest BCUT2D eigenvalue weighted by Gasteiger charge is -2.28. The molecule has 94 valence electrons. The monoisotopic (exact) mass is 234 g/mol. The third-order valence-electron chi connectivity index (χ3n) is 2.95. The summed E-state index contributed by atoms with van der Waals surface area (Å²) < 4.78 is 0. The summed E-state index contributed by atoms with van der Waals surface area (Å²) in [5, 5.41) is 2.93. The van der Waals surface area contributed by atoms with Crippen LogP contribution in [0.15, 0.2) is 18.3 Å². The molecule has 1 aromatic rings. The molecule has 0 aliphatic heterocycles. The first-order valence-corrected chi connectivity index (χ1v) is 6.08. The number of aryl methyl sites for hydroxylation is 1. The molecule has 1 unspecified atom stereocenters. The van der Waals surface area contributed by atoms with Gasteiger partial charge >= 0.3 is 0 Å². The number of aromatic nitrogens is 1. The summed E-state index contributed by atoms with van der Waals surface area (Å²) in [6.45, 7) is 10.2. The molecule has 1 N–H and O–H groups in total. The number of amides is 1. The molecule has 0 aliphatic carbocycles. The fraction of sp³-hybridized carbons (Fsp3) is 0.571. The van der Waals surface area contributed by atoms with Crippen LogP contribution in [0.1, 0.15) is 39.8 Å². The minimum absolute atomic E-state index is 0.0169. The van der Waals surface area contributed by atoms with Crippen molar-refractivity contribution in [1.29, 1.82) is 0 Å². The summed E-state index contributed by atoms with van der Waals surface area (Å²) in [6.07, 6.45) is 2.54. The predicted octanol–water partition coefficient (Wildman–Crippen LogP) is 3.40. The van der Waals surface area contributed by atoms with Crippen molar-refractivity contribution >= 4 is 11.6 Å². The summed E-state index contributed by atoms with van der Waals surface area (Å²) in [7, 11) is 0. The average molecular weight is 234 g/mol. The molecule has 3 heteroatoms. The largest absolute Gasteiger partial charge is 0.324 e. The maximum absolute atomic E-state index is 12.1. The van der Waals surface area contributed by atoms with Crippen molar-refractivity contribution in [2.75, 3.05) is 5.32 Å². The molecular formula is C14H22N2O. The summed E-state index contributed by atoms with van der Waals surface area (Å²) >= 11 is 0. The predicted molar refractivity (Wildman–Crippen MR) is 70.8 cm³/mol. The third-order valence-corrected chi connectivity index (χ3v) is 2.95. The van der Waals surface area contributed by atoms with Gasteiger partial charge in [0.05, 0.1) is 11.9 Å². The van der Waals surface area contributed by atoms with Crippen molar-refractivity contribution in [3.63, 3.8) is 0 Å². The maximum atomic E-state index is 12.1. The number of rotatable bonds is 3. The number of nitrogens with zero attached hydrogens (tertiary/aromatic N) is 1. The van der Waals surface area contributed by atoms with Crippen LogP contribution < -0.4 is 5.32 Å². The Kier molecular flexibility index (Phi) is 4.27. The SMILES string of the molecule is CCC(C(=O)Nc1ccc(C)nc1)C(C)(C)C. The molecule has 0 fully saturated rings. The minimum Gasteiger partial charge on any atom is -0.324 e. The number of nitrogens with one attached hydrogen (secondary N) is 1. The molecule has 1 aromatic heterocycles. The van der Waals surface area contributed by atoms with Gasteiger partial charge in [0.15, 0.2) is 0 Å². The van der Waals surface area contributed by atoms with Crippen LogP contribution in [0.5, 0.6) is 0 Å². The van der Waals surface area contributed by atoms with Crippen molar-refractivity contribution in [2.45, 2.75) is 41.0 Å². The van der Waals surface area contributed by atoms with Crippen molar-refractivity contribution in [3.05, 3.63) is 24.0 Å². The lowest BCUT2D eigenvalue weighted by Crippen LogP contribution is -2.32. The van der Waals surface area contributed by atoms with E-state index in [0.717, 1.165) is 17.8 Å². The van der Waals surface area contributed by atoms with Gasteiger partial charge < -0.3 is 5.32 Å². The minimum atomic E-state index is -0.0169. The van der Waals surface area contributed by atoms with Gasteiger partial charge in [0.25, 0.3) is 0 Å². The summed E-state index contributed by atoms with van der Waals surface area (Å²) in [6, 6.07) is 3.78. The van der Waals surface area contributed by atoms with E-state index in [0.29, 0.717) is 0 Å². The van der Waals surface area contributed by atoms with E-state index in [1.807, 2.05) is 26.0 Å². The van der Waals surface area contributed by atoms with Crippen molar-refractivity contribution < 1.29 is 4.79 Å². The number of carbonyl (C=O) groups excluding carboxylic acids is 1. The number of hydrogen-bond donors (Lipinski definition) is 1. The number of carbonyl (C=O) groups is 1. The van der Waals surface area contributed by atoms with Crippen molar-refractivity contribution in [2.24, 2.45) is 11.3 Å². The van der Waals surface area contributed by atoms with Crippen LogP contribution in [0.25, 0.3) is 0 Å². The highest BCUT2D eigenvalue weighted by atomic mass is 16.1. The number of hydrogen-bond acceptors (Lipinski definition) is 2. The number of pyridine rings is 1. The van der Waals surface area contributed by atoms with Gasteiger partial charge in [-0.25, -0.2) is 0 Å². The summed E-state index contributed by atoms with van der Waals surface area (Å²) in [5.74, 6) is 0.0921. The molecule has 1 heterocycles. The van der Waals surface area contributed by atoms with Gasteiger partial charge in [0.1, 0.15) is 0 Å². The smallest absolute Gasteiger partial charge is 0.228 e. The Morgan fingerprint density at radius 3 is 2.47 bits per heavy atom. The average Bonchev–Trinajstić information content (AvgIpc) is 2.20. The first-order valence-electron chi connectivity index (χ1n) is 6.08. The molecule has 17 heavy (non-hydrogen) atoms. The Bertz CT molecular complexity index is 376. The van der Waals surface area contributed by atoms with Gasteiger partial charge in [0, 0.05) is 11.6 Å². The second-order valence-electron chi connectivity index (χ2n) is 5.50. The van der Waals surface area contributed by atoms with E-state index in [9.17, 15) is 4.79 Å². The quantitative estimate of drug-likeness (QED) is 0.871. The van der Waals surface area contributed by atoms with Gasteiger partial charge in [-0.05, 0) is 30.9 Å². The first-order chi connectivity index (χ1) is 7.84. The second-order valence-corrected chi connectivity index (χ2v) is 5.50. The molecule has 1 atom stereocenters. The van der Waals surface area contributed by atoms with Gasteiger partial charge in [-0.1, -0.05) is 27.7 Å². The zero-order chi connectivity index (χ0) is 13.1. The Labute approximate surface area is 104 Å². The first kappa shape index (κ1) is 13.7. The van der Waals surface area contributed by atoms with E-state index in [1.54, 1.807) is 6.20 Å². The normalized spacial score (nSPS) is 13.2. The van der Waals surface area contributed by atoms with Crippen LogP contribution in [0.2, 0.25) is 0 Å². The lowest BCUT2D eigenvalue weighted by molar-refractivity contribution is -0.123. The van der Waals surface area contributed by atoms with Gasteiger partial charge in [0.2, 0.25) is 5.91 Å². The van der Waals surface area contributed by atoms with Crippen LogP contribution in [0.4, 0.5) is 5.69 Å². The van der Waals surface area contributed by atoms with Gasteiger partial charge in [-0.2, -0.15) is 0 Å². The molecule has 1 rings (SSSR count). The van der Waals surface area contributed by atoms with E-state index in [4.69, 9.17) is 0 Å². The van der Waals surface area contributed by atoms with Crippen LogP contribution in [-0.4, -0.2) is 10.9 Å². The van der Waals surface area contributed by atoms with Crippen molar-refractivity contribution in [1.82, 2.24) is 4.98 Å². The third kappa shape index (κ3) is 3.84. The molecule has 0 bridgehead atoms. The highest BCUT2D eigenvalue weighted by Gasteiger charge is 2.29. The highest BCUT2D eigenvalue weighted by molar-refractivity contribution is 5.92. The summed E-state index contributed by atoms with van der Waals surface area (Å²) in [5.41, 5.74) is 1.70. The molecule has 0 spiro atoms. The van der Waals surface area contributed by atoms with E-state index in [-0.39, 0.29) is 17.2 Å². The Balaban J connectivity index is 2.74. The molecule has 0 aliphatic rings. The lowest BCUT2D eigenvalue weighted by atomic mass is 9.78. The van der Waals surface area contributed by atoms with Crippen LogP contribution in [0, 0.1) is 18.3 Å². The Morgan fingerprint density at radius 1 is 1.41 bits per heavy atom. The Hall–Kier alpha value is -1.38. The van der Waals surface area contributed by atoms with Gasteiger partial charge in [-0.15, -0.1) is 0 Å². The molecule has 0 saturated heterocycles. The molecule has 1 amide bonds. The fourth-order valence-electron chi connectivity index (χ4n) is 1.96. The van der Waals surface area contributed by atoms with E-state index in [1.165, 1.54) is 0 Å². The van der Waals surface area contributed by atoms with E-state index >= 15 is 0 Å². The molecule has 0 radical (unpaired) electrons. The van der Waals surface area contributed by atoms with Crippen molar-refractivity contribution in [3.8, 4) is 0 Å². The topological polar surface area (TPSA) is 42.0 Å².